The number of benzene rings is 2. The summed E-state index contributed by atoms with van der Waals surface area (Å²) >= 11 is 0. The van der Waals surface area contributed by atoms with E-state index in [0.29, 0.717) is 36.0 Å². The van der Waals surface area contributed by atoms with Gasteiger partial charge in [-0.1, -0.05) is 0 Å². The van der Waals surface area contributed by atoms with E-state index in [1.165, 1.54) is 0 Å². The number of anilines is 2. The van der Waals surface area contributed by atoms with Crippen LogP contribution in [0.5, 0.6) is 11.5 Å². The number of aromatic nitrogens is 4. The Morgan fingerprint density at radius 2 is 1.50 bits per heavy atom. The zero-order chi connectivity index (χ0) is 22.1. The number of fused-ring (bicyclic) bond motifs is 1. The molecule has 9 heteroatoms. The first-order valence-electron chi connectivity index (χ1n) is 10.4. The van der Waals surface area contributed by atoms with Gasteiger partial charge in [0, 0.05) is 18.7 Å². The van der Waals surface area contributed by atoms with Crippen molar-refractivity contribution in [1.82, 2.24) is 19.7 Å². The maximum atomic E-state index is 6.60. The lowest BCUT2D eigenvalue weighted by atomic mass is 10.1. The summed E-state index contributed by atoms with van der Waals surface area (Å²) in [6.45, 7) is 2.73. The van der Waals surface area contributed by atoms with Crippen LogP contribution in [0.2, 0.25) is 0 Å². The molecular formula is C23H24N6O3. The molecule has 0 saturated carbocycles. The fourth-order valence-electron chi connectivity index (χ4n) is 3.78. The van der Waals surface area contributed by atoms with E-state index in [1.54, 1.807) is 18.9 Å². The first-order valence-corrected chi connectivity index (χ1v) is 10.4. The van der Waals surface area contributed by atoms with Crippen LogP contribution in [0.3, 0.4) is 0 Å². The van der Waals surface area contributed by atoms with Crippen LogP contribution < -0.4 is 20.1 Å². The normalized spacial score (nSPS) is 14.0. The van der Waals surface area contributed by atoms with Gasteiger partial charge in [-0.05, 0) is 48.5 Å². The molecule has 2 aromatic heterocycles. The van der Waals surface area contributed by atoms with Crippen LogP contribution in [0, 0.1) is 0 Å². The van der Waals surface area contributed by atoms with Crippen molar-refractivity contribution in [2.75, 3.05) is 51.2 Å². The van der Waals surface area contributed by atoms with Crippen LogP contribution >= 0.6 is 0 Å². The van der Waals surface area contributed by atoms with Crippen molar-refractivity contribution in [3.8, 4) is 28.4 Å². The molecular weight excluding hydrogens is 408 g/mol. The Bertz CT molecular complexity index is 1230. The van der Waals surface area contributed by atoms with E-state index in [4.69, 9.17) is 35.0 Å². The molecule has 0 atom stereocenters. The minimum Gasteiger partial charge on any atom is -0.497 e. The van der Waals surface area contributed by atoms with Gasteiger partial charge < -0.3 is 24.8 Å². The zero-order valence-corrected chi connectivity index (χ0v) is 18.0. The average molecular weight is 432 g/mol. The summed E-state index contributed by atoms with van der Waals surface area (Å²) in [5.74, 6) is 2.63. The highest BCUT2D eigenvalue weighted by atomic mass is 16.5. The summed E-state index contributed by atoms with van der Waals surface area (Å²) in [5.41, 5.74) is 9.60. The number of rotatable bonds is 5. The molecule has 0 radical (unpaired) electrons. The summed E-state index contributed by atoms with van der Waals surface area (Å²) < 4.78 is 17.8. The van der Waals surface area contributed by atoms with Gasteiger partial charge in [-0.25, -0.2) is 9.67 Å². The first kappa shape index (κ1) is 20.1. The molecule has 1 saturated heterocycles. The van der Waals surface area contributed by atoms with E-state index in [0.717, 1.165) is 41.5 Å². The minimum atomic E-state index is 0.476. The second kappa shape index (κ2) is 8.35. The van der Waals surface area contributed by atoms with E-state index in [-0.39, 0.29) is 0 Å². The lowest BCUT2D eigenvalue weighted by Gasteiger charge is -2.27. The predicted molar refractivity (Wildman–Crippen MR) is 123 cm³/mol. The molecule has 9 nitrogen and oxygen atoms in total. The molecule has 5 rings (SSSR count). The van der Waals surface area contributed by atoms with Gasteiger partial charge >= 0.3 is 0 Å². The number of nitrogen functional groups attached to an aromatic ring is 1. The maximum absolute atomic E-state index is 6.60. The van der Waals surface area contributed by atoms with E-state index in [9.17, 15) is 0 Å². The molecule has 32 heavy (non-hydrogen) atoms. The summed E-state index contributed by atoms with van der Waals surface area (Å²) in [6.07, 6.45) is 0. The summed E-state index contributed by atoms with van der Waals surface area (Å²) in [6, 6.07) is 15.3. The van der Waals surface area contributed by atoms with E-state index in [2.05, 4.69) is 4.90 Å². The van der Waals surface area contributed by atoms with Gasteiger partial charge in [0.05, 0.1) is 44.2 Å². The molecule has 0 unspecified atom stereocenters. The highest BCUT2D eigenvalue weighted by molar-refractivity contribution is 5.99. The monoisotopic (exact) mass is 432 g/mol. The Labute approximate surface area is 185 Å². The maximum Gasteiger partial charge on any atom is 0.228 e. The largest absolute Gasteiger partial charge is 0.497 e. The van der Waals surface area contributed by atoms with Gasteiger partial charge in [-0.3, -0.25) is 0 Å². The van der Waals surface area contributed by atoms with E-state index < -0.39 is 0 Å². The minimum absolute atomic E-state index is 0.476. The number of morpholine rings is 1. The van der Waals surface area contributed by atoms with Crippen molar-refractivity contribution in [2.24, 2.45) is 0 Å². The highest BCUT2D eigenvalue weighted by Crippen LogP contribution is 2.34. The molecule has 4 aromatic rings. The summed E-state index contributed by atoms with van der Waals surface area (Å²) in [4.78, 5) is 11.8. The molecule has 3 heterocycles. The lowest BCUT2D eigenvalue weighted by Crippen LogP contribution is -2.37. The third kappa shape index (κ3) is 3.56. The smallest absolute Gasteiger partial charge is 0.228 e. The Morgan fingerprint density at radius 3 is 2.12 bits per heavy atom. The molecule has 0 aliphatic carbocycles. The third-order valence-corrected chi connectivity index (χ3v) is 5.53. The standard InChI is InChI=1S/C23H24N6O3/c1-30-17-7-3-15(4-8-17)20-19-21(24)29(16-5-9-18(31-2)10-6-16)27-22(19)26-23(25-20)28-11-13-32-14-12-28/h3-10H,11-14,24H2,1-2H3. The number of hydrogen-bond donors (Lipinski definition) is 1. The topological polar surface area (TPSA) is 101 Å². The van der Waals surface area contributed by atoms with Gasteiger partial charge in [-0.2, -0.15) is 4.98 Å². The predicted octanol–water partition coefficient (Wildman–Crippen LogP) is 2.92. The van der Waals surface area contributed by atoms with Gasteiger partial charge in [0.15, 0.2) is 5.65 Å². The zero-order valence-electron chi connectivity index (χ0n) is 18.0. The van der Waals surface area contributed by atoms with Crippen LogP contribution in [0.15, 0.2) is 48.5 Å². The first-order chi connectivity index (χ1) is 15.7. The van der Waals surface area contributed by atoms with E-state index in [1.807, 2.05) is 48.5 Å². The van der Waals surface area contributed by atoms with Gasteiger partial charge in [0.1, 0.15) is 17.3 Å². The molecule has 1 fully saturated rings. The third-order valence-electron chi connectivity index (χ3n) is 5.53. The number of nitrogens with two attached hydrogens (primary N) is 1. The molecule has 164 valence electrons. The number of hydrogen-bond acceptors (Lipinski definition) is 8. The Balaban J connectivity index is 1.69. The van der Waals surface area contributed by atoms with Gasteiger partial charge in [0.25, 0.3) is 0 Å². The van der Waals surface area contributed by atoms with Gasteiger partial charge in [0.2, 0.25) is 5.95 Å². The Hall–Kier alpha value is -3.85. The quantitative estimate of drug-likeness (QED) is 0.514. The molecule has 1 aliphatic rings. The second-order valence-corrected chi connectivity index (χ2v) is 7.39. The van der Waals surface area contributed by atoms with Crippen molar-refractivity contribution in [3.63, 3.8) is 0 Å². The molecule has 1 aliphatic heterocycles. The van der Waals surface area contributed by atoms with Gasteiger partial charge in [-0.15, -0.1) is 5.10 Å². The molecule has 2 N–H and O–H groups in total. The number of ether oxygens (including phenoxy) is 3. The summed E-state index contributed by atoms with van der Waals surface area (Å²) in [5, 5.41) is 5.44. The summed E-state index contributed by atoms with van der Waals surface area (Å²) in [7, 11) is 3.28. The molecule has 2 aromatic carbocycles. The van der Waals surface area contributed by atoms with Crippen molar-refractivity contribution in [1.29, 1.82) is 0 Å². The molecule has 0 bridgehead atoms. The number of nitrogens with zero attached hydrogens (tertiary/aromatic N) is 5. The fourth-order valence-corrected chi connectivity index (χ4v) is 3.78. The molecule has 0 spiro atoms. The van der Waals surface area contributed by atoms with Crippen molar-refractivity contribution >= 4 is 22.8 Å². The number of methoxy groups -OCH3 is 2. The van der Waals surface area contributed by atoms with Crippen LogP contribution in [0.1, 0.15) is 0 Å². The Kier molecular flexibility index (Phi) is 5.24. The van der Waals surface area contributed by atoms with Crippen LogP contribution in [-0.4, -0.2) is 60.3 Å². The second-order valence-electron chi connectivity index (χ2n) is 7.39. The Morgan fingerprint density at radius 1 is 0.875 bits per heavy atom. The van der Waals surface area contributed by atoms with Crippen LogP contribution in [-0.2, 0) is 4.74 Å². The SMILES string of the molecule is COc1ccc(-c2nc(N3CCOCC3)nc3nn(-c4ccc(OC)cc4)c(N)c23)cc1. The van der Waals surface area contributed by atoms with Crippen LogP contribution in [0.4, 0.5) is 11.8 Å². The van der Waals surface area contributed by atoms with Crippen molar-refractivity contribution < 1.29 is 14.2 Å². The van der Waals surface area contributed by atoms with Crippen molar-refractivity contribution in [2.45, 2.75) is 0 Å². The lowest BCUT2D eigenvalue weighted by molar-refractivity contribution is 0.122. The van der Waals surface area contributed by atoms with Crippen molar-refractivity contribution in [3.05, 3.63) is 48.5 Å². The average Bonchev–Trinajstić information content (AvgIpc) is 3.20. The molecule has 0 amide bonds. The van der Waals surface area contributed by atoms with Crippen LogP contribution in [0.25, 0.3) is 28.0 Å². The fraction of sp³-hybridized carbons (Fsp3) is 0.261. The van der Waals surface area contributed by atoms with E-state index >= 15 is 0 Å². The highest BCUT2D eigenvalue weighted by Gasteiger charge is 2.22.